The SMILES string of the molecule is Cc1cc(CNCC(c2ccccc2)N(C)C)c(C)s1. The van der Waals surface area contributed by atoms with E-state index in [0.717, 1.165) is 13.1 Å². The third-order valence-corrected chi connectivity index (χ3v) is 4.61. The lowest BCUT2D eigenvalue weighted by atomic mass is 10.1. The van der Waals surface area contributed by atoms with Crippen molar-refractivity contribution in [1.82, 2.24) is 10.2 Å². The van der Waals surface area contributed by atoms with Crippen molar-refractivity contribution in [3.63, 3.8) is 0 Å². The largest absolute Gasteiger partial charge is 0.311 e. The Morgan fingerprint density at radius 1 is 1.15 bits per heavy atom. The van der Waals surface area contributed by atoms with Crippen molar-refractivity contribution in [3.05, 3.63) is 57.3 Å². The molecule has 20 heavy (non-hydrogen) atoms. The molecule has 0 saturated heterocycles. The Kier molecular flexibility index (Phi) is 5.35. The summed E-state index contributed by atoms with van der Waals surface area (Å²) in [5, 5.41) is 3.60. The Morgan fingerprint density at radius 2 is 1.85 bits per heavy atom. The Bertz CT molecular complexity index is 531. The standard InChI is InChI=1S/C17H24N2S/c1-13-10-16(14(2)20-13)11-18-12-17(19(3)4)15-8-6-5-7-9-15/h5-10,17-18H,11-12H2,1-4H3. The third kappa shape index (κ3) is 3.92. The number of nitrogens with one attached hydrogen (secondary N) is 1. The van der Waals surface area contributed by atoms with Gasteiger partial charge in [0, 0.05) is 28.9 Å². The van der Waals surface area contributed by atoms with E-state index in [-0.39, 0.29) is 0 Å². The summed E-state index contributed by atoms with van der Waals surface area (Å²) in [5.41, 5.74) is 2.79. The minimum absolute atomic E-state index is 0.413. The molecule has 2 aromatic rings. The molecule has 0 aliphatic heterocycles. The second-order valence-electron chi connectivity index (χ2n) is 5.46. The molecule has 1 aromatic carbocycles. The van der Waals surface area contributed by atoms with Gasteiger partial charge in [-0.05, 0) is 45.1 Å². The summed E-state index contributed by atoms with van der Waals surface area (Å²) < 4.78 is 0. The van der Waals surface area contributed by atoms with Gasteiger partial charge < -0.3 is 10.2 Å². The van der Waals surface area contributed by atoms with Gasteiger partial charge in [0.05, 0.1) is 0 Å². The van der Waals surface area contributed by atoms with Gasteiger partial charge in [-0.25, -0.2) is 0 Å². The molecule has 0 saturated carbocycles. The Balaban J connectivity index is 1.95. The van der Waals surface area contributed by atoms with Crippen LogP contribution >= 0.6 is 11.3 Å². The van der Waals surface area contributed by atoms with Crippen molar-refractivity contribution in [1.29, 1.82) is 0 Å². The average Bonchev–Trinajstić information content (AvgIpc) is 2.73. The van der Waals surface area contributed by atoms with Crippen LogP contribution < -0.4 is 5.32 Å². The monoisotopic (exact) mass is 288 g/mol. The molecule has 0 amide bonds. The number of hydrogen-bond acceptors (Lipinski definition) is 3. The third-order valence-electron chi connectivity index (χ3n) is 3.60. The van der Waals surface area contributed by atoms with Gasteiger partial charge in [0.15, 0.2) is 0 Å². The number of aryl methyl sites for hydroxylation is 2. The Hall–Kier alpha value is -1.16. The van der Waals surface area contributed by atoms with E-state index >= 15 is 0 Å². The number of nitrogens with zero attached hydrogens (tertiary/aromatic N) is 1. The van der Waals surface area contributed by atoms with E-state index in [0.29, 0.717) is 6.04 Å². The van der Waals surface area contributed by atoms with Crippen LogP contribution in [0.1, 0.15) is 26.9 Å². The van der Waals surface area contributed by atoms with Gasteiger partial charge in [0.1, 0.15) is 0 Å². The van der Waals surface area contributed by atoms with Gasteiger partial charge >= 0.3 is 0 Å². The van der Waals surface area contributed by atoms with Crippen molar-refractivity contribution in [2.75, 3.05) is 20.6 Å². The van der Waals surface area contributed by atoms with Crippen LogP contribution in [0, 0.1) is 13.8 Å². The highest BCUT2D eigenvalue weighted by atomic mass is 32.1. The highest BCUT2D eigenvalue weighted by Gasteiger charge is 2.13. The molecule has 1 unspecified atom stereocenters. The second-order valence-corrected chi connectivity index (χ2v) is 6.92. The molecule has 0 spiro atoms. The quantitative estimate of drug-likeness (QED) is 0.870. The zero-order chi connectivity index (χ0) is 14.5. The molecule has 0 aliphatic carbocycles. The minimum Gasteiger partial charge on any atom is -0.311 e. The molecule has 1 heterocycles. The average molecular weight is 288 g/mol. The van der Waals surface area contributed by atoms with Crippen LogP contribution in [-0.2, 0) is 6.54 Å². The van der Waals surface area contributed by atoms with E-state index in [1.165, 1.54) is 20.9 Å². The fraction of sp³-hybridized carbons (Fsp3) is 0.412. The molecule has 1 N–H and O–H groups in total. The first kappa shape index (κ1) is 15.2. The molecular weight excluding hydrogens is 264 g/mol. The maximum atomic E-state index is 3.60. The molecule has 0 bridgehead atoms. The van der Waals surface area contributed by atoms with Gasteiger partial charge in [-0.3, -0.25) is 0 Å². The zero-order valence-electron chi connectivity index (χ0n) is 12.8. The second kappa shape index (κ2) is 7.02. The van der Waals surface area contributed by atoms with Gasteiger partial charge in [-0.1, -0.05) is 30.3 Å². The topological polar surface area (TPSA) is 15.3 Å². The van der Waals surface area contributed by atoms with E-state index in [9.17, 15) is 0 Å². The highest BCUT2D eigenvalue weighted by molar-refractivity contribution is 7.12. The lowest BCUT2D eigenvalue weighted by molar-refractivity contribution is 0.288. The summed E-state index contributed by atoms with van der Waals surface area (Å²) >= 11 is 1.88. The minimum atomic E-state index is 0.413. The van der Waals surface area contributed by atoms with E-state index < -0.39 is 0 Å². The van der Waals surface area contributed by atoms with E-state index in [1.54, 1.807) is 0 Å². The summed E-state index contributed by atoms with van der Waals surface area (Å²) in [6, 6.07) is 13.4. The predicted molar refractivity (Wildman–Crippen MR) is 88.4 cm³/mol. The summed E-state index contributed by atoms with van der Waals surface area (Å²) in [6.07, 6.45) is 0. The fourth-order valence-corrected chi connectivity index (χ4v) is 3.42. The van der Waals surface area contributed by atoms with Crippen LogP contribution in [-0.4, -0.2) is 25.5 Å². The molecule has 0 radical (unpaired) electrons. The van der Waals surface area contributed by atoms with Crippen molar-refractivity contribution in [3.8, 4) is 0 Å². The molecule has 2 rings (SSSR count). The smallest absolute Gasteiger partial charge is 0.0466 e. The van der Waals surface area contributed by atoms with Crippen LogP contribution in [0.2, 0.25) is 0 Å². The van der Waals surface area contributed by atoms with Gasteiger partial charge in [-0.2, -0.15) is 0 Å². The number of hydrogen-bond donors (Lipinski definition) is 1. The van der Waals surface area contributed by atoms with Crippen LogP contribution in [0.5, 0.6) is 0 Å². The summed E-state index contributed by atoms with van der Waals surface area (Å²) in [4.78, 5) is 5.09. The lowest BCUT2D eigenvalue weighted by Crippen LogP contribution is -2.30. The first-order chi connectivity index (χ1) is 9.58. The number of likely N-dealkylation sites (N-methyl/N-ethyl adjacent to an activating group) is 1. The van der Waals surface area contributed by atoms with Crippen LogP contribution in [0.3, 0.4) is 0 Å². The van der Waals surface area contributed by atoms with Crippen LogP contribution in [0.25, 0.3) is 0 Å². The number of thiophene rings is 1. The maximum Gasteiger partial charge on any atom is 0.0466 e. The first-order valence-corrected chi connectivity index (χ1v) is 7.87. The summed E-state index contributed by atoms with van der Waals surface area (Å²) in [7, 11) is 4.28. The highest BCUT2D eigenvalue weighted by Crippen LogP contribution is 2.21. The fourth-order valence-electron chi connectivity index (χ4n) is 2.48. The molecule has 1 atom stereocenters. The maximum absolute atomic E-state index is 3.60. The zero-order valence-corrected chi connectivity index (χ0v) is 13.6. The summed E-state index contributed by atoms with van der Waals surface area (Å²) in [5.74, 6) is 0. The first-order valence-electron chi connectivity index (χ1n) is 7.06. The lowest BCUT2D eigenvalue weighted by Gasteiger charge is -2.25. The van der Waals surface area contributed by atoms with Gasteiger partial charge in [0.25, 0.3) is 0 Å². The van der Waals surface area contributed by atoms with Crippen molar-refractivity contribution in [2.24, 2.45) is 0 Å². The van der Waals surface area contributed by atoms with Crippen LogP contribution in [0.4, 0.5) is 0 Å². The normalized spacial score (nSPS) is 12.8. The van der Waals surface area contributed by atoms with Gasteiger partial charge in [0.2, 0.25) is 0 Å². The molecule has 2 nitrogen and oxygen atoms in total. The predicted octanol–water partition coefficient (Wildman–Crippen LogP) is 3.76. The molecular formula is C17H24N2S. The van der Waals surface area contributed by atoms with Crippen molar-refractivity contribution >= 4 is 11.3 Å². The van der Waals surface area contributed by atoms with Crippen molar-refractivity contribution < 1.29 is 0 Å². The molecule has 0 aliphatic rings. The van der Waals surface area contributed by atoms with Crippen molar-refractivity contribution in [2.45, 2.75) is 26.4 Å². The number of benzene rings is 1. The van der Waals surface area contributed by atoms with E-state index in [2.05, 4.69) is 74.6 Å². The molecule has 108 valence electrons. The Labute approximate surface area is 126 Å². The molecule has 0 fully saturated rings. The summed E-state index contributed by atoms with van der Waals surface area (Å²) in [6.45, 7) is 6.29. The Morgan fingerprint density at radius 3 is 2.40 bits per heavy atom. The van der Waals surface area contributed by atoms with Crippen LogP contribution in [0.15, 0.2) is 36.4 Å². The van der Waals surface area contributed by atoms with E-state index in [1.807, 2.05) is 11.3 Å². The van der Waals surface area contributed by atoms with Gasteiger partial charge in [-0.15, -0.1) is 11.3 Å². The number of rotatable bonds is 6. The molecule has 3 heteroatoms. The molecule has 1 aromatic heterocycles. The van der Waals surface area contributed by atoms with E-state index in [4.69, 9.17) is 0 Å².